The third kappa shape index (κ3) is 5.09. The largest absolute Gasteiger partial charge is 0.462 e. The standard InChI is InChI=1S/C24H20ClFN2O2S/c1-2-30-23(29)18-9-10-22-21(13-18)27-24(31-15-17-6-3-7-19(25)11-17)28(22)14-16-5-4-8-20(26)12-16/h3-13H,2,14-15H2,1H3. The van der Waals surface area contributed by atoms with E-state index in [9.17, 15) is 9.18 Å². The summed E-state index contributed by atoms with van der Waals surface area (Å²) in [5.74, 6) is 0.0227. The van der Waals surface area contributed by atoms with Crippen molar-refractivity contribution in [2.24, 2.45) is 0 Å². The van der Waals surface area contributed by atoms with E-state index in [0.29, 0.717) is 35.0 Å². The van der Waals surface area contributed by atoms with E-state index in [2.05, 4.69) is 0 Å². The third-order valence-electron chi connectivity index (χ3n) is 4.71. The fraction of sp³-hybridized carbons (Fsp3) is 0.167. The van der Waals surface area contributed by atoms with Gasteiger partial charge in [-0.1, -0.05) is 47.6 Å². The average Bonchev–Trinajstić information content (AvgIpc) is 3.09. The van der Waals surface area contributed by atoms with Gasteiger partial charge in [0, 0.05) is 10.8 Å². The van der Waals surface area contributed by atoms with Crippen LogP contribution in [0.4, 0.5) is 4.39 Å². The van der Waals surface area contributed by atoms with Crippen LogP contribution in [0.1, 0.15) is 28.4 Å². The molecule has 0 radical (unpaired) electrons. The Morgan fingerprint density at radius 3 is 2.68 bits per heavy atom. The molecule has 4 nitrogen and oxygen atoms in total. The molecule has 31 heavy (non-hydrogen) atoms. The number of nitrogens with zero attached hydrogens (tertiary/aromatic N) is 2. The summed E-state index contributed by atoms with van der Waals surface area (Å²) in [4.78, 5) is 16.9. The van der Waals surface area contributed by atoms with Crippen molar-refractivity contribution in [1.29, 1.82) is 0 Å². The SMILES string of the molecule is CCOC(=O)c1ccc2c(c1)nc(SCc1cccc(Cl)c1)n2Cc1cccc(F)c1. The molecule has 0 unspecified atom stereocenters. The summed E-state index contributed by atoms with van der Waals surface area (Å²) in [7, 11) is 0. The monoisotopic (exact) mass is 454 g/mol. The number of ether oxygens (including phenoxy) is 1. The number of hydrogen-bond acceptors (Lipinski definition) is 4. The Morgan fingerprint density at radius 2 is 1.90 bits per heavy atom. The number of halogens is 2. The van der Waals surface area contributed by atoms with Crippen LogP contribution in [0.25, 0.3) is 11.0 Å². The first kappa shape index (κ1) is 21.4. The molecule has 0 N–H and O–H groups in total. The van der Waals surface area contributed by atoms with Crippen LogP contribution in [-0.2, 0) is 17.0 Å². The van der Waals surface area contributed by atoms with Gasteiger partial charge in [-0.3, -0.25) is 0 Å². The van der Waals surface area contributed by atoms with Crippen LogP contribution < -0.4 is 0 Å². The second-order valence-electron chi connectivity index (χ2n) is 6.95. The zero-order valence-corrected chi connectivity index (χ0v) is 18.4. The van der Waals surface area contributed by atoms with Gasteiger partial charge < -0.3 is 9.30 Å². The number of esters is 1. The molecule has 1 heterocycles. The second-order valence-corrected chi connectivity index (χ2v) is 8.33. The molecule has 0 aliphatic rings. The van der Waals surface area contributed by atoms with Gasteiger partial charge in [0.2, 0.25) is 0 Å². The van der Waals surface area contributed by atoms with Gasteiger partial charge in [-0.2, -0.15) is 0 Å². The van der Waals surface area contributed by atoms with E-state index >= 15 is 0 Å². The van der Waals surface area contributed by atoms with E-state index in [1.54, 1.807) is 36.9 Å². The highest BCUT2D eigenvalue weighted by Crippen LogP contribution is 2.29. The fourth-order valence-corrected chi connectivity index (χ4v) is 4.47. The summed E-state index contributed by atoms with van der Waals surface area (Å²) in [6, 6.07) is 19.5. The van der Waals surface area contributed by atoms with E-state index in [1.165, 1.54) is 12.1 Å². The third-order valence-corrected chi connectivity index (χ3v) is 5.99. The summed E-state index contributed by atoms with van der Waals surface area (Å²) in [5, 5.41) is 1.46. The molecule has 0 amide bonds. The first-order valence-electron chi connectivity index (χ1n) is 9.82. The van der Waals surface area contributed by atoms with Crippen LogP contribution in [0.15, 0.2) is 71.9 Å². The van der Waals surface area contributed by atoms with Crippen molar-refractivity contribution >= 4 is 40.4 Å². The molecule has 0 saturated carbocycles. The topological polar surface area (TPSA) is 44.1 Å². The minimum atomic E-state index is -0.378. The first-order valence-corrected chi connectivity index (χ1v) is 11.2. The Balaban J connectivity index is 1.71. The number of carbonyl (C=O) groups is 1. The Kier molecular flexibility index (Phi) is 6.59. The maximum absolute atomic E-state index is 13.7. The van der Waals surface area contributed by atoms with Crippen molar-refractivity contribution in [3.8, 4) is 0 Å². The molecule has 3 aromatic carbocycles. The summed E-state index contributed by atoms with van der Waals surface area (Å²) < 4.78 is 20.9. The van der Waals surface area contributed by atoms with Gasteiger partial charge in [0.1, 0.15) is 5.82 Å². The highest BCUT2D eigenvalue weighted by Gasteiger charge is 2.15. The molecular weight excluding hydrogens is 435 g/mol. The predicted octanol–water partition coefficient (Wildman–Crippen LogP) is 6.35. The van der Waals surface area contributed by atoms with E-state index in [-0.39, 0.29) is 11.8 Å². The van der Waals surface area contributed by atoms with E-state index in [1.807, 2.05) is 41.0 Å². The predicted molar refractivity (Wildman–Crippen MR) is 122 cm³/mol. The van der Waals surface area contributed by atoms with Gasteiger partial charge >= 0.3 is 5.97 Å². The Hall–Kier alpha value is -2.83. The number of thioether (sulfide) groups is 1. The van der Waals surface area contributed by atoms with Crippen LogP contribution in [0.2, 0.25) is 5.02 Å². The quantitative estimate of drug-likeness (QED) is 0.241. The van der Waals surface area contributed by atoms with Gasteiger partial charge in [-0.25, -0.2) is 14.2 Å². The van der Waals surface area contributed by atoms with E-state index in [0.717, 1.165) is 21.8 Å². The van der Waals surface area contributed by atoms with Crippen molar-refractivity contribution < 1.29 is 13.9 Å². The number of rotatable bonds is 7. The number of aromatic nitrogens is 2. The van der Waals surface area contributed by atoms with Crippen molar-refractivity contribution in [3.05, 3.63) is 94.3 Å². The molecule has 0 atom stereocenters. The average molecular weight is 455 g/mol. The lowest BCUT2D eigenvalue weighted by molar-refractivity contribution is 0.0526. The summed E-state index contributed by atoms with van der Waals surface area (Å²) in [5.41, 5.74) is 3.92. The molecular formula is C24H20ClFN2O2S. The molecule has 7 heteroatoms. The van der Waals surface area contributed by atoms with Gasteiger partial charge in [0.05, 0.1) is 29.7 Å². The van der Waals surface area contributed by atoms with Gasteiger partial charge in [-0.15, -0.1) is 0 Å². The molecule has 158 valence electrons. The maximum Gasteiger partial charge on any atom is 0.338 e. The molecule has 1 aromatic heterocycles. The second kappa shape index (κ2) is 9.54. The number of imidazole rings is 1. The molecule has 0 fully saturated rings. The zero-order valence-electron chi connectivity index (χ0n) is 16.8. The molecule has 4 rings (SSSR count). The Morgan fingerprint density at radius 1 is 1.10 bits per heavy atom. The highest BCUT2D eigenvalue weighted by atomic mass is 35.5. The van der Waals surface area contributed by atoms with Crippen LogP contribution in [-0.4, -0.2) is 22.1 Å². The fourth-order valence-electron chi connectivity index (χ4n) is 3.30. The number of carbonyl (C=O) groups excluding carboxylic acids is 1. The summed E-state index contributed by atoms with van der Waals surface area (Å²) in [6.07, 6.45) is 0. The summed E-state index contributed by atoms with van der Waals surface area (Å²) >= 11 is 7.67. The Bertz CT molecular complexity index is 1240. The van der Waals surface area contributed by atoms with Gasteiger partial charge in [-0.05, 0) is 60.5 Å². The van der Waals surface area contributed by atoms with Crippen molar-refractivity contribution in [1.82, 2.24) is 9.55 Å². The lowest BCUT2D eigenvalue weighted by atomic mass is 10.2. The lowest BCUT2D eigenvalue weighted by Crippen LogP contribution is -2.05. The normalized spacial score (nSPS) is 11.1. The molecule has 0 aliphatic carbocycles. The molecule has 0 bridgehead atoms. The van der Waals surface area contributed by atoms with E-state index in [4.69, 9.17) is 21.3 Å². The Labute approximate surface area is 189 Å². The number of benzene rings is 3. The molecule has 4 aromatic rings. The van der Waals surface area contributed by atoms with Crippen LogP contribution in [0, 0.1) is 5.82 Å². The highest BCUT2D eigenvalue weighted by molar-refractivity contribution is 7.98. The number of fused-ring (bicyclic) bond motifs is 1. The number of hydrogen-bond donors (Lipinski definition) is 0. The maximum atomic E-state index is 13.7. The van der Waals surface area contributed by atoms with Crippen molar-refractivity contribution in [2.45, 2.75) is 24.4 Å². The van der Waals surface area contributed by atoms with Gasteiger partial charge in [0.15, 0.2) is 5.16 Å². The first-order chi connectivity index (χ1) is 15.0. The molecule has 0 saturated heterocycles. The molecule has 0 spiro atoms. The molecule has 0 aliphatic heterocycles. The van der Waals surface area contributed by atoms with Crippen molar-refractivity contribution in [3.63, 3.8) is 0 Å². The minimum absolute atomic E-state index is 0.278. The van der Waals surface area contributed by atoms with E-state index < -0.39 is 0 Å². The lowest BCUT2D eigenvalue weighted by Gasteiger charge is -2.10. The van der Waals surface area contributed by atoms with Crippen molar-refractivity contribution in [2.75, 3.05) is 6.61 Å². The van der Waals surface area contributed by atoms with Crippen LogP contribution >= 0.6 is 23.4 Å². The van der Waals surface area contributed by atoms with Gasteiger partial charge in [0.25, 0.3) is 0 Å². The zero-order chi connectivity index (χ0) is 21.8. The summed E-state index contributed by atoms with van der Waals surface area (Å²) in [6.45, 7) is 2.55. The van der Waals surface area contributed by atoms with Crippen LogP contribution in [0.3, 0.4) is 0 Å². The smallest absolute Gasteiger partial charge is 0.338 e. The van der Waals surface area contributed by atoms with Crippen LogP contribution in [0.5, 0.6) is 0 Å². The minimum Gasteiger partial charge on any atom is -0.462 e.